The van der Waals surface area contributed by atoms with E-state index in [-0.39, 0.29) is 11.4 Å². The third-order valence-electron chi connectivity index (χ3n) is 3.73. The first-order chi connectivity index (χ1) is 8.06. The lowest BCUT2D eigenvalue weighted by molar-refractivity contribution is -0.141. The maximum absolute atomic E-state index is 11.3. The summed E-state index contributed by atoms with van der Waals surface area (Å²) in [5, 5.41) is 3.94. The summed E-state index contributed by atoms with van der Waals surface area (Å²) in [5.41, 5.74) is 0.248. The summed E-state index contributed by atoms with van der Waals surface area (Å²) < 4.78 is 4.76. The lowest BCUT2D eigenvalue weighted by Gasteiger charge is -2.23. The molecule has 100 valence electrons. The Labute approximate surface area is 109 Å². The first-order valence-corrected chi connectivity index (χ1v) is 7.47. The first kappa shape index (κ1) is 14.8. The van der Waals surface area contributed by atoms with E-state index in [1.807, 2.05) is 18.8 Å². The van der Waals surface area contributed by atoms with Gasteiger partial charge in [0.25, 0.3) is 0 Å². The van der Waals surface area contributed by atoms with Crippen molar-refractivity contribution in [2.75, 3.05) is 19.9 Å². The Morgan fingerprint density at radius 1 is 1.53 bits per heavy atom. The zero-order chi connectivity index (χ0) is 12.9. The van der Waals surface area contributed by atoms with Crippen molar-refractivity contribution in [3.8, 4) is 0 Å². The fraction of sp³-hybridized carbons (Fsp3) is 0.923. The van der Waals surface area contributed by atoms with Crippen LogP contribution >= 0.6 is 11.8 Å². The fourth-order valence-electron chi connectivity index (χ4n) is 2.12. The molecule has 0 aromatic carbocycles. The quantitative estimate of drug-likeness (QED) is 0.680. The number of carbonyl (C=O) groups is 1. The number of esters is 1. The number of carbonyl (C=O) groups excluding carboxylic acids is 1. The van der Waals surface area contributed by atoms with Gasteiger partial charge >= 0.3 is 5.97 Å². The fourth-order valence-corrected chi connectivity index (χ4v) is 3.69. The van der Waals surface area contributed by atoms with Crippen LogP contribution in [0.5, 0.6) is 0 Å². The molecule has 1 aliphatic rings. The Kier molecular flexibility index (Phi) is 5.80. The molecule has 0 aliphatic heterocycles. The maximum atomic E-state index is 11.3. The van der Waals surface area contributed by atoms with Crippen molar-refractivity contribution in [3.63, 3.8) is 0 Å². The second kappa shape index (κ2) is 6.64. The van der Waals surface area contributed by atoms with Crippen LogP contribution in [0, 0.1) is 5.41 Å². The van der Waals surface area contributed by atoms with Gasteiger partial charge in [-0.25, -0.2) is 0 Å². The standard InChI is InChI=1S/C13H25NO2S/c1-5-11(14-3)10(2)17-9-13(6-7-13)8-12(15)16-4/h10-11,14H,5-9H2,1-4H3. The van der Waals surface area contributed by atoms with Gasteiger partial charge in [-0.05, 0) is 37.5 Å². The number of methoxy groups -OCH3 is 1. The molecule has 1 rings (SSSR count). The summed E-state index contributed by atoms with van der Waals surface area (Å²) in [5.74, 6) is 1.03. The number of thioether (sulfide) groups is 1. The minimum atomic E-state index is -0.0589. The van der Waals surface area contributed by atoms with E-state index in [0.29, 0.717) is 17.7 Å². The van der Waals surface area contributed by atoms with Gasteiger partial charge in [-0.15, -0.1) is 0 Å². The van der Waals surface area contributed by atoms with Crippen LogP contribution in [0.2, 0.25) is 0 Å². The van der Waals surface area contributed by atoms with Crippen molar-refractivity contribution in [1.82, 2.24) is 5.32 Å². The highest BCUT2D eigenvalue weighted by molar-refractivity contribution is 8.00. The van der Waals surface area contributed by atoms with Crippen LogP contribution in [0.3, 0.4) is 0 Å². The average Bonchev–Trinajstić information content (AvgIpc) is 3.08. The van der Waals surface area contributed by atoms with E-state index in [0.717, 1.165) is 12.2 Å². The second-order valence-electron chi connectivity index (χ2n) is 5.07. The van der Waals surface area contributed by atoms with Crippen molar-refractivity contribution < 1.29 is 9.53 Å². The summed E-state index contributed by atoms with van der Waals surface area (Å²) in [7, 11) is 3.49. The first-order valence-electron chi connectivity index (χ1n) is 6.42. The van der Waals surface area contributed by atoms with Crippen LogP contribution in [0.4, 0.5) is 0 Å². The average molecular weight is 259 g/mol. The summed E-state index contributed by atoms with van der Waals surface area (Å²) in [6, 6.07) is 0.564. The van der Waals surface area contributed by atoms with Crippen molar-refractivity contribution >= 4 is 17.7 Å². The van der Waals surface area contributed by atoms with Crippen molar-refractivity contribution in [2.24, 2.45) is 5.41 Å². The topological polar surface area (TPSA) is 38.3 Å². The SMILES string of the molecule is CCC(NC)C(C)SCC1(CC(=O)OC)CC1. The third-order valence-corrected chi connectivity index (χ3v) is 5.37. The number of hydrogen-bond donors (Lipinski definition) is 1. The molecule has 0 amide bonds. The number of hydrogen-bond acceptors (Lipinski definition) is 4. The molecule has 0 saturated heterocycles. The Bertz CT molecular complexity index is 250. The van der Waals surface area contributed by atoms with Gasteiger partial charge in [0, 0.05) is 11.3 Å². The number of nitrogens with one attached hydrogen (secondary N) is 1. The largest absolute Gasteiger partial charge is 0.469 e. The van der Waals surface area contributed by atoms with Crippen LogP contribution < -0.4 is 5.32 Å². The molecule has 0 aromatic heterocycles. The summed E-state index contributed by atoms with van der Waals surface area (Å²) in [6.45, 7) is 4.48. The van der Waals surface area contributed by atoms with E-state index < -0.39 is 0 Å². The third kappa shape index (κ3) is 4.51. The van der Waals surface area contributed by atoms with Crippen molar-refractivity contribution in [3.05, 3.63) is 0 Å². The zero-order valence-corrected chi connectivity index (χ0v) is 12.2. The van der Waals surface area contributed by atoms with Gasteiger partial charge < -0.3 is 10.1 Å². The van der Waals surface area contributed by atoms with Crippen molar-refractivity contribution in [1.29, 1.82) is 0 Å². The zero-order valence-electron chi connectivity index (χ0n) is 11.4. The smallest absolute Gasteiger partial charge is 0.306 e. The van der Waals surface area contributed by atoms with E-state index in [1.165, 1.54) is 20.0 Å². The summed E-state index contributed by atoms with van der Waals surface area (Å²) in [6.07, 6.45) is 4.10. The maximum Gasteiger partial charge on any atom is 0.306 e. The Morgan fingerprint density at radius 2 is 2.18 bits per heavy atom. The minimum absolute atomic E-state index is 0.0589. The van der Waals surface area contributed by atoms with Gasteiger partial charge in [0.1, 0.15) is 0 Å². The number of ether oxygens (including phenoxy) is 1. The van der Waals surface area contributed by atoms with Crippen LogP contribution in [0.25, 0.3) is 0 Å². The molecular weight excluding hydrogens is 234 g/mol. The van der Waals surface area contributed by atoms with E-state index in [4.69, 9.17) is 4.74 Å². The highest BCUT2D eigenvalue weighted by Gasteiger charge is 2.44. The molecule has 3 nitrogen and oxygen atoms in total. The van der Waals surface area contributed by atoms with E-state index in [9.17, 15) is 4.79 Å². The molecule has 0 bridgehead atoms. The lowest BCUT2D eigenvalue weighted by Crippen LogP contribution is -2.33. The Hall–Kier alpha value is -0.220. The van der Waals surface area contributed by atoms with Gasteiger partial charge in [-0.2, -0.15) is 11.8 Å². The minimum Gasteiger partial charge on any atom is -0.469 e. The van der Waals surface area contributed by atoms with Crippen LogP contribution in [-0.2, 0) is 9.53 Å². The molecule has 1 N–H and O–H groups in total. The van der Waals surface area contributed by atoms with Gasteiger partial charge in [-0.1, -0.05) is 13.8 Å². The molecule has 0 heterocycles. The lowest BCUT2D eigenvalue weighted by atomic mass is 10.1. The molecule has 0 radical (unpaired) electrons. The molecule has 4 heteroatoms. The predicted octanol–water partition coefficient (Wildman–Crippen LogP) is 2.45. The van der Waals surface area contributed by atoms with E-state index in [1.54, 1.807) is 0 Å². The van der Waals surface area contributed by atoms with Crippen LogP contribution in [0.15, 0.2) is 0 Å². The van der Waals surface area contributed by atoms with E-state index >= 15 is 0 Å². The Morgan fingerprint density at radius 3 is 2.59 bits per heavy atom. The van der Waals surface area contributed by atoms with Gasteiger partial charge in [0.05, 0.1) is 13.5 Å². The van der Waals surface area contributed by atoms with E-state index in [2.05, 4.69) is 19.2 Å². The predicted molar refractivity (Wildman–Crippen MR) is 73.4 cm³/mol. The molecule has 2 unspecified atom stereocenters. The van der Waals surface area contributed by atoms with Gasteiger partial charge in [0.2, 0.25) is 0 Å². The van der Waals surface area contributed by atoms with Gasteiger partial charge in [0.15, 0.2) is 0 Å². The molecule has 1 fully saturated rings. The summed E-state index contributed by atoms with van der Waals surface area (Å²) in [4.78, 5) is 11.3. The number of rotatable bonds is 8. The second-order valence-corrected chi connectivity index (χ2v) is 6.44. The molecule has 0 aromatic rings. The molecule has 0 spiro atoms. The summed E-state index contributed by atoms with van der Waals surface area (Å²) >= 11 is 1.99. The monoisotopic (exact) mass is 259 g/mol. The van der Waals surface area contributed by atoms with Crippen molar-refractivity contribution in [2.45, 2.75) is 50.8 Å². The Balaban J connectivity index is 2.32. The molecule has 1 saturated carbocycles. The highest BCUT2D eigenvalue weighted by Crippen LogP contribution is 2.51. The van der Waals surface area contributed by atoms with Crippen LogP contribution in [0.1, 0.15) is 39.5 Å². The molecule has 1 aliphatic carbocycles. The molecule has 2 atom stereocenters. The normalized spacial score (nSPS) is 20.7. The molecular formula is C13H25NO2S. The van der Waals surface area contributed by atoms with Crippen LogP contribution in [-0.4, -0.2) is 37.2 Å². The highest BCUT2D eigenvalue weighted by atomic mass is 32.2. The molecule has 17 heavy (non-hydrogen) atoms. The van der Waals surface area contributed by atoms with Gasteiger partial charge in [-0.3, -0.25) is 4.79 Å².